The van der Waals surface area contributed by atoms with Crippen molar-refractivity contribution in [1.82, 2.24) is 15.1 Å². The number of amides is 1. The Morgan fingerprint density at radius 2 is 2.29 bits per heavy atom. The summed E-state index contributed by atoms with van der Waals surface area (Å²) in [6, 6.07) is 5.13. The van der Waals surface area contributed by atoms with Gasteiger partial charge in [-0.3, -0.25) is 9.48 Å². The number of methoxy groups -OCH3 is 1. The van der Waals surface area contributed by atoms with Crippen LogP contribution < -0.4 is 15.4 Å². The summed E-state index contributed by atoms with van der Waals surface area (Å²) >= 11 is 0. The minimum atomic E-state index is -0.113. The molecule has 0 unspecified atom stereocenters. The van der Waals surface area contributed by atoms with Crippen molar-refractivity contribution in [2.24, 2.45) is 0 Å². The molecule has 3 N–H and O–H groups in total. The molecule has 1 amide bonds. The zero-order valence-electron chi connectivity index (χ0n) is 12.0. The smallest absolute Gasteiger partial charge is 0.241 e. The Bertz CT molecular complexity index is 624. The highest BCUT2D eigenvalue weighted by molar-refractivity contribution is 5.75. The maximum atomic E-state index is 11.2. The summed E-state index contributed by atoms with van der Waals surface area (Å²) in [4.78, 5) is 11.2. The number of rotatable bonds is 6. The molecule has 0 saturated carbocycles. The molecule has 7 heteroatoms. The molecule has 0 aliphatic heterocycles. The average molecular weight is 290 g/mol. The van der Waals surface area contributed by atoms with Gasteiger partial charge in [-0.15, -0.1) is 0 Å². The van der Waals surface area contributed by atoms with Crippen LogP contribution in [0.2, 0.25) is 0 Å². The molecule has 0 aliphatic carbocycles. The van der Waals surface area contributed by atoms with Crippen molar-refractivity contribution in [2.75, 3.05) is 19.5 Å². The van der Waals surface area contributed by atoms with E-state index < -0.39 is 0 Å². The second-order valence-corrected chi connectivity index (χ2v) is 4.45. The van der Waals surface area contributed by atoms with Crippen LogP contribution in [-0.4, -0.2) is 35.0 Å². The number of phenols is 1. The van der Waals surface area contributed by atoms with E-state index in [1.54, 1.807) is 44.8 Å². The van der Waals surface area contributed by atoms with Gasteiger partial charge < -0.3 is 20.5 Å². The third kappa shape index (κ3) is 3.88. The van der Waals surface area contributed by atoms with Gasteiger partial charge in [0, 0.05) is 31.4 Å². The largest absolute Gasteiger partial charge is 0.507 e. The highest BCUT2D eigenvalue weighted by atomic mass is 16.5. The predicted octanol–water partition coefficient (Wildman–Crippen LogP) is 0.955. The van der Waals surface area contributed by atoms with Gasteiger partial charge in [0.2, 0.25) is 5.91 Å². The molecular weight excluding hydrogens is 272 g/mol. The van der Waals surface area contributed by atoms with E-state index in [1.807, 2.05) is 0 Å². The molecule has 0 bridgehead atoms. The van der Waals surface area contributed by atoms with Crippen molar-refractivity contribution in [1.29, 1.82) is 0 Å². The molecule has 0 spiro atoms. The summed E-state index contributed by atoms with van der Waals surface area (Å²) in [5, 5.41) is 19.6. The number of phenolic OH excluding ortho intramolecular Hbond substituents is 1. The second kappa shape index (κ2) is 6.65. The van der Waals surface area contributed by atoms with E-state index in [-0.39, 0.29) is 18.2 Å². The van der Waals surface area contributed by atoms with Gasteiger partial charge in [0.1, 0.15) is 18.0 Å². The number of hydrogen-bond acceptors (Lipinski definition) is 5. The number of aromatic nitrogens is 2. The molecule has 0 aliphatic rings. The van der Waals surface area contributed by atoms with Crippen LogP contribution >= 0.6 is 0 Å². The quantitative estimate of drug-likeness (QED) is 0.737. The molecule has 112 valence electrons. The van der Waals surface area contributed by atoms with Gasteiger partial charge in [0.25, 0.3) is 0 Å². The Hall–Kier alpha value is -2.70. The van der Waals surface area contributed by atoms with Gasteiger partial charge in [-0.2, -0.15) is 5.10 Å². The van der Waals surface area contributed by atoms with Gasteiger partial charge >= 0.3 is 0 Å². The number of anilines is 1. The lowest BCUT2D eigenvalue weighted by Gasteiger charge is -2.08. The van der Waals surface area contributed by atoms with Crippen molar-refractivity contribution in [3.8, 4) is 11.5 Å². The van der Waals surface area contributed by atoms with Crippen LogP contribution in [-0.2, 0) is 17.9 Å². The molecule has 0 saturated heterocycles. The van der Waals surface area contributed by atoms with Crippen molar-refractivity contribution < 1.29 is 14.6 Å². The van der Waals surface area contributed by atoms with Gasteiger partial charge in [0.15, 0.2) is 0 Å². The van der Waals surface area contributed by atoms with Crippen LogP contribution in [0.3, 0.4) is 0 Å². The van der Waals surface area contributed by atoms with Gasteiger partial charge in [0.05, 0.1) is 19.0 Å². The molecule has 1 aromatic heterocycles. The second-order valence-electron chi connectivity index (χ2n) is 4.45. The van der Waals surface area contributed by atoms with Gasteiger partial charge in [-0.1, -0.05) is 0 Å². The first-order valence-electron chi connectivity index (χ1n) is 6.45. The van der Waals surface area contributed by atoms with E-state index in [0.29, 0.717) is 12.3 Å². The number of likely N-dealkylation sites (N-methyl/N-ethyl adjacent to an activating group) is 1. The number of nitrogens with zero attached hydrogens (tertiary/aromatic N) is 2. The van der Waals surface area contributed by atoms with Crippen LogP contribution in [0.25, 0.3) is 0 Å². The Balaban J connectivity index is 1.95. The standard InChI is InChI=1S/C14H18N4O3/c1-15-14(20)9-18-8-11(7-17-18)16-6-10-3-4-12(21-2)5-13(10)19/h3-5,7-8,16,19H,6,9H2,1-2H3,(H,15,20). The lowest BCUT2D eigenvalue weighted by Crippen LogP contribution is -2.23. The topological polar surface area (TPSA) is 88.4 Å². The first-order chi connectivity index (χ1) is 10.1. The molecule has 2 aromatic rings. The molecular formula is C14H18N4O3. The summed E-state index contributed by atoms with van der Waals surface area (Å²) < 4.78 is 6.57. The zero-order chi connectivity index (χ0) is 15.2. The van der Waals surface area contributed by atoms with E-state index >= 15 is 0 Å². The normalized spacial score (nSPS) is 10.2. The van der Waals surface area contributed by atoms with Crippen molar-refractivity contribution >= 4 is 11.6 Å². The fraction of sp³-hybridized carbons (Fsp3) is 0.286. The van der Waals surface area contributed by atoms with Crippen molar-refractivity contribution in [3.05, 3.63) is 36.2 Å². The SMILES string of the molecule is CNC(=O)Cn1cc(NCc2ccc(OC)cc2O)cn1. The van der Waals surface area contributed by atoms with Crippen molar-refractivity contribution in [3.63, 3.8) is 0 Å². The number of carbonyl (C=O) groups excluding carboxylic acids is 1. The summed E-state index contributed by atoms with van der Waals surface area (Å²) in [5.41, 5.74) is 1.52. The molecule has 0 atom stereocenters. The minimum Gasteiger partial charge on any atom is -0.507 e. The number of aromatic hydroxyl groups is 1. The van der Waals surface area contributed by atoms with E-state index in [9.17, 15) is 9.90 Å². The van der Waals surface area contributed by atoms with Crippen LogP contribution in [0, 0.1) is 0 Å². The molecule has 1 heterocycles. The average Bonchev–Trinajstić information content (AvgIpc) is 2.93. The van der Waals surface area contributed by atoms with Crippen molar-refractivity contribution in [2.45, 2.75) is 13.1 Å². The Kier molecular flexibility index (Phi) is 4.65. The first kappa shape index (κ1) is 14.7. The Morgan fingerprint density at radius 3 is 2.95 bits per heavy atom. The number of hydrogen-bond donors (Lipinski definition) is 3. The monoisotopic (exact) mass is 290 g/mol. The minimum absolute atomic E-state index is 0.113. The van der Waals surface area contributed by atoms with E-state index in [0.717, 1.165) is 11.3 Å². The first-order valence-corrected chi connectivity index (χ1v) is 6.45. The molecule has 1 aromatic carbocycles. The fourth-order valence-electron chi connectivity index (χ4n) is 1.78. The number of nitrogens with one attached hydrogen (secondary N) is 2. The van der Waals surface area contributed by atoms with Gasteiger partial charge in [-0.05, 0) is 12.1 Å². The molecule has 7 nitrogen and oxygen atoms in total. The van der Waals surface area contributed by atoms with E-state index in [1.165, 1.54) is 4.68 Å². The third-order valence-corrected chi connectivity index (χ3v) is 2.99. The number of carbonyl (C=O) groups is 1. The van der Waals surface area contributed by atoms with E-state index in [4.69, 9.17) is 4.74 Å². The molecule has 0 fully saturated rings. The summed E-state index contributed by atoms with van der Waals surface area (Å²) in [6.45, 7) is 0.619. The van der Waals surface area contributed by atoms with Crippen LogP contribution in [0.4, 0.5) is 5.69 Å². The molecule has 21 heavy (non-hydrogen) atoms. The fourth-order valence-corrected chi connectivity index (χ4v) is 1.78. The molecule has 0 radical (unpaired) electrons. The van der Waals surface area contributed by atoms with Crippen LogP contribution in [0.5, 0.6) is 11.5 Å². The van der Waals surface area contributed by atoms with Crippen LogP contribution in [0.1, 0.15) is 5.56 Å². The zero-order valence-corrected chi connectivity index (χ0v) is 12.0. The van der Waals surface area contributed by atoms with E-state index in [2.05, 4.69) is 15.7 Å². The third-order valence-electron chi connectivity index (χ3n) is 2.99. The maximum absolute atomic E-state index is 11.2. The summed E-state index contributed by atoms with van der Waals surface area (Å²) in [6.07, 6.45) is 3.36. The summed E-state index contributed by atoms with van der Waals surface area (Å²) in [5.74, 6) is 0.659. The Morgan fingerprint density at radius 1 is 1.48 bits per heavy atom. The lowest BCUT2D eigenvalue weighted by atomic mass is 10.2. The summed E-state index contributed by atoms with van der Waals surface area (Å²) in [7, 11) is 3.13. The lowest BCUT2D eigenvalue weighted by molar-refractivity contribution is -0.121. The van der Waals surface area contributed by atoms with Gasteiger partial charge in [-0.25, -0.2) is 0 Å². The van der Waals surface area contributed by atoms with Crippen LogP contribution in [0.15, 0.2) is 30.6 Å². The Labute approximate surface area is 122 Å². The number of benzene rings is 1. The predicted molar refractivity (Wildman–Crippen MR) is 78.3 cm³/mol. The maximum Gasteiger partial charge on any atom is 0.241 e. The highest BCUT2D eigenvalue weighted by Gasteiger charge is 2.05. The number of ether oxygens (including phenoxy) is 1. The highest BCUT2D eigenvalue weighted by Crippen LogP contribution is 2.24. The molecule has 2 rings (SSSR count).